The molecule has 2 heterocycles. The number of aliphatic imine (C=N–C) groups is 2. The van der Waals surface area contributed by atoms with Crippen molar-refractivity contribution < 1.29 is 0 Å². The van der Waals surface area contributed by atoms with Crippen LogP contribution in [0.1, 0.15) is 34.6 Å². The number of hydrogen-bond acceptors (Lipinski definition) is 4. The molecule has 0 radical (unpaired) electrons. The molecule has 2 N–H and O–H groups in total. The van der Waals surface area contributed by atoms with Crippen molar-refractivity contribution in [1.29, 1.82) is 0 Å². The molecule has 0 aromatic rings. The van der Waals surface area contributed by atoms with Crippen LogP contribution in [0.2, 0.25) is 0 Å². The lowest BCUT2D eigenvalue weighted by molar-refractivity contribution is 0.313. The maximum absolute atomic E-state index is 4.63. The van der Waals surface area contributed by atoms with Crippen LogP contribution in [-0.2, 0) is 0 Å². The number of nitrogens with zero attached hydrogens (tertiary/aromatic N) is 2. The summed E-state index contributed by atoms with van der Waals surface area (Å²) in [6.45, 7) is 12.8. The topological polar surface area (TPSA) is 48.8 Å². The average Bonchev–Trinajstić information content (AvgIpc) is 2.85. The zero-order chi connectivity index (χ0) is 12.6. The molecule has 2 aliphatic heterocycles. The first-order chi connectivity index (χ1) is 7.88. The lowest BCUT2D eigenvalue weighted by Gasteiger charge is -2.27. The minimum absolute atomic E-state index is 0.256. The normalized spacial score (nSPS) is 28.8. The molecule has 0 saturated carbocycles. The van der Waals surface area contributed by atoms with Gasteiger partial charge in [0, 0.05) is 5.92 Å². The van der Waals surface area contributed by atoms with E-state index < -0.39 is 0 Å². The van der Waals surface area contributed by atoms with E-state index >= 15 is 0 Å². The third-order valence-corrected chi connectivity index (χ3v) is 3.45. The first-order valence-corrected chi connectivity index (χ1v) is 6.49. The molecule has 0 saturated heterocycles. The van der Waals surface area contributed by atoms with Crippen molar-refractivity contribution in [2.24, 2.45) is 21.3 Å². The molecule has 2 unspecified atom stereocenters. The van der Waals surface area contributed by atoms with Gasteiger partial charge < -0.3 is 10.6 Å². The van der Waals surface area contributed by atoms with E-state index in [0.717, 1.165) is 24.8 Å². The zero-order valence-electron chi connectivity index (χ0n) is 11.5. The lowest BCUT2D eigenvalue weighted by Crippen LogP contribution is -2.48. The third kappa shape index (κ3) is 2.61. The Kier molecular flexibility index (Phi) is 3.15. The SMILES string of the molecule is CC(C)C1=NCC(C2=NCC(C(C)(C)C)N2)N1. The second kappa shape index (κ2) is 4.31. The van der Waals surface area contributed by atoms with Gasteiger partial charge in [-0.15, -0.1) is 0 Å². The highest BCUT2D eigenvalue weighted by molar-refractivity contribution is 5.97. The average molecular weight is 236 g/mol. The van der Waals surface area contributed by atoms with Crippen LogP contribution in [0, 0.1) is 11.3 Å². The van der Waals surface area contributed by atoms with Crippen molar-refractivity contribution >= 4 is 11.7 Å². The summed E-state index contributed by atoms with van der Waals surface area (Å²) in [4.78, 5) is 9.16. The fourth-order valence-electron chi connectivity index (χ4n) is 2.12. The standard InChI is InChI=1S/C13H24N4/c1-8(2)11-14-6-9(16-11)12-15-7-10(17-12)13(3,4)5/h8-10H,6-7H2,1-5H3,(H,14,16)(H,15,17). The van der Waals surface area contributed by atoms with E-state index in [4.69, 9.17) is 0 Å². The van der Waals surface area contributed by atoms with Gasteiger partial charge in [0.1, 0.15) is 11.9 Å². The van der Waals surface area contributed by atoms with E-state index in [-0.39, 0.29) is 11.5 Å². The molecule has 4 nitrogen and oxygen atoms in total. The molecule has 0 aliphatic carbocycles. The molecule has 0 spiro atoms. The predicted molar refractivity (Wildman–Crippen MR) is 72.7 cm³/mol. The van der Waals surface area contributed by atoms with E-state index in [2.05, 4.69) is 55.2 Å². The van der Waals surface area contributed by atoms with E-state index in [1.807, 2.05) is 0 Å². The monoisotopic (exact) mass is 236 g/mol. The van der Waals surface area contributed by atoms with Crippen molar-refractivity contribution in [3.8, 4) is 0 Å². The Morgan fingerprint density at radius 1 is 1.12 bits per heavy atom. The summed E-state index contributed by atoms with van der Waals surface area (Å²) >= 11 is 0. The van der Waals surface area contributed by atoms with Gasteiger partial charge in [-0.3, -0.25) is 9.98 Å². The molecule has 2 atom stereocenters. The van der Waals surface area contributed by atoms with Crippen molar-refractivity contribution in [3.63, 3.8) is 0 Å². The smallest absolute Gasteiger partial charge is 0.121 e. The van der Waals surface area contributed by atoms with Crippen LogP contribution >= 0.6 is 0 Å². The van der Waals surface area contributed by atoms with Gasteiger partial charge in [0.2, 0.25) is 0 Å². The molecule has 4 heteroatoms. The number of rotatable bonds is 2. The third-order valence-electron chi connectivity index (χ3n) is 3.45. The van der Waals surface area contributed by atoms with E-state index in [9.17, 15) is 0 Å². The maximum Gasteiger partial charge on any atom is 0.121 e. The van der Waals surface area contributed by atoms with E-state index in [1.54, 1.807) is 0 Å². The first-order valence-electron chi connectivity index (χ1n) is 6.49. The van der Waals surface area contributed by atoms with Gasteiger partial charge in [-0.05, 0) is 5.41 Å². The van der Waals surface area contributed by atoms with Gasteiger partial charge >= 0.3 is 0 Å². The minimum atomic E-state index is 0.256. The highest BCUT2D eigenvalue weighted by Gasteiger charge is 2.33. The number of hydrogen-bond donors (Lipinski definition) is 2. The Morgan fingerprint density at radius 3 is 2.29 bits per heavy atom. The Balaban J connectivity index is 1.91. The quantitative estimate of drug-likeness (QED) is 0.762. The predicted octanol–water partition coefficient (Wildman–Crippen LogP) is 1.43. The summed E-state index contributed by atoms with van der Waals surface area (Å²) < 4.78 is 0. The Labute approximate surface area is 104 Å². The van der Waals surface area contributed by atoms with Gasteiger partial charge in [0.05, 0.1) is 25.0 Å². The molecule has 0 amide bonds. The Bertz CT molecular complexity index is 349. The Hall–Kier alpha value is -1.06. The molecule has 2 rings (SSSR count). The fourth-order valence-corrected chi connectivity index (χ4v) is 2.12. The van der Waals surface area contributed by atoms with Gasteiger partial charge in [-0.25, -0.2) is 0 Å². The first kappa shape index (κ1) is 12.4. The molecule has 0 aromatic heterocycles. The van der Waals surface area contributed by atoms with Crippen molar-refractivity contribution in [2.75, 3.05) is 13.1 Å². The molecule has 2 aliphatic rings. The van der Waals surface area contributed by atoms with E-state index in [1.165, 1.54) is 0 Å². The molecule has 0 bridgehead atoms. The molecular weight excluding hydrogens is 212 g/mol. The fraction of sp³-hybridized carbons (Fsp3) is 0.846. The highest BCUT2D eigenvalue weighted by Crippen LogP contribution is 2.22. The highest BCUT2D eigenvalue weighted by atomic mass is 15.2. The van der Waals surface area contributed by atoms with Crippen molar-refractivity contribution in [3.05, 3.63) is 0 Å². The van der Waals surface area contributed by atoms with Gasteiger partial charge in [0.25, 0.3) is 0 Å². The molecular formula is C13H24N4. The van der Waals surface area contributed by atoms with Crippen LogP contribution < -0.4 is 10.6 Å². The summed E-state index contributed by atoms with van der Waals surface area (Å²) in [7, 11) is 0. The van der Waals surface area contributed by atoms with Gasteiger partial charge in [-0.1, -0.05) is 34.6 Å². The molecule has 0 aromatic carbocycles. The van der Waals surface area contributed by atoms with Crippen molar-refractivity contribution in [1.82, 2.24) is 10.6 Å². The van der Waals surface area contributed by atoms with E-state index in [0.29, 0.717) is 12.0 Å². The summed E-state index contributed by atoms with van der Waals surface area (Å²) in [5, 5.41) is 7.01. The van der Waals surface area contributed by atoms with Crippen LogP contribution in [0.15, 0.2) is 9.98 Å². The molecule has 0 fully saturated rings. The second-order valence-corrected chi connectivity index (χ2v) is 6.37. The van der Waals surface area contributed by atoms with Gasteiger partial charge in [-0.2, -0.15) is 0 Å². The lowest BCUT2D eigenvalue weighted by atomic mass is 9.87. The summed E-state index contributed by atoms with van der Waals surface area (Å²) in [6.07, 6.45) is 0. The second-order valence-electron chi connectivity index (χ2n) is 6.37. The Morgan fingerprint density at radius 2 is 1.82 bits per heavy atom. The van der Waals surface area contributed by atoms with Crippen LogP contribution in [-0.4, -0.2) is 36.8 Å². The maximum atomic E-state index is 4.63. The van der Waals surface area contributed by atoms with Crippen molar-refractivity contribution in [2.45, 2.75) is 46.7 Å². The molecule has 96 valence electrons. The number of nitrogens with one attached hydrogen (secondary N) is 2. The minimum Gasteiger partial charge on any atom is -0.367 e. The van der Waals surface area contributed by atoms with Gasteiger partial charge in [0.15, 0.2) is 0 Å². The van der Waals surface area contributed by atoms with Crippen LogP contribution in [0.25, 0.3) is 0 Å². The zero-order valence-corrected chi connectivity index (χ0v) is 11.5. The summed E-state index contributed by atoms with van der Waals surface area (Å²) in [6, 6.07) is 0.710. The van der Waals surface area contributed by atoms with Crippen LogP contribution in [0.3, 0.4) is 0 Å². The van der Waals surface area contributed by atoms with Crippen LogP contribution in [0.4, 0.5) is 0 Å². The largest absolute Gasteiger partial charge is 0.367 e. The summed E-state index contributed by atoms with van der Waals surface area (Å²) in [5.41, 5.74) is 0.256. The molecule has 17 heavy (non-hydrogen) atoms. The number of amidine groups is 2. The summed E-state index contributed by atoms with van der Waals surface area (Å²) in [5.74, 6) is 2.67. The van der Waals surface area contributed by atoms with Crippen LogP contribution in [0.5, 0.6) is 0 Å².